The predicted octanol–water partition coefficient (Wildman–Crippen LogP) is 5.13. The first-order valence-electron chi connectivity index (χ1n) is 10.5. The van der Waals surface area contributed by atoms with Crippen LogP contribution in [0.25, 0.3) is 22.0 Å². The quantitative estimate of drug-likeness (QED) is 0.380. The van der Waals surface area contributed by atoms with Crippen LogP contribution in [0.2, 0.25) is 0 Å². The van der Waals surface area contributed by atoms with Crippen molar-refractivity contribution in [2.45, 2.75) is 38.1 Å². The smallest absolute Gasteiger partial charge is 0.241 e. The fraction of sp³-hybridized carbons (Fsp3) is 0.200. The van der Waals surface area contributed by atoms with Crippen LogP contribution in [0.5, 0.6) is 5.75 Å². The summed E-state index contributed by atoms with van der Waals surface area (Å²) in [5, 5.41) is 23.4. The molecule has 0 aliphatic carbocycles. The van der Waals surface area contributed by atoms with E-state index >= 15 is 0 Å². The molecule has 8 heteroatoms. The zero-order chi connectivity index (χ0) is 23.8. The van der Waals surface area contributed by atoms with E-state index in [0.29, 0.717) is 28.3 Å². The molecule has 3 N–H and O–H groups in total. The third-order valence-electron chi connectivity index (χ3n) is 4.99. The molecular formula is C25H26N4O3S. The second-order valence-corrected chi connectivity index (χ2v) is 10.6. The van der Waals surface area contributed by atoms with E-state index in [1.165, 1.54) is 0 Å². The Bertz CT molecular complexity index is 1440. The van der Waals surface area contributed by atoms with Crippen molar-refractivity contribution in [3.8, 4) is 17.0 Å². The van der Waals surface area contributed by atoms with Crippen molar-refractivity contribution in [2.24, 2.45) is 0 Å². The third kappa shape index (κ3) is 4.97. The molecule has 0 fully saturated rings. The Labute approximate surface area is 193 Å². The highest BCUT2D eigenvalue weighted by Crippen LogP contribution is 2.33. The van der Waals surface area contributed by atoms with Crippen LogP contribution in [0.4, 0.5) is 11.5 Å². The fourth-order valence-corrected chi connectivity index (χ4v) is 5.31. The van der Waals surface area contributed by atoms with Crippen molar-refractivity contribution in [1.29, 1.82) is 0 Å². The van der Waals surface area contributed by atoms with Gasteiger partial charge in [-0.2, -0.15) is 0 Å². The Balaban J connectivity index is 1.82. The normalized spacial score (nSPS) is 12.1. The number of phenolic OH excluding ortho intramolecular Hbond substituents is 1. The van der Waals surface area contributed by atoms with E-state index in [1.54, 1.807) is 58.0 Å². The van der Waals surface area contributed by atoms with Crippen molar-refractivity contribution in [2.75, 3.05) is 5.32 Å². The van der Waals surface area contributed by atoms with E-state index in [-0.39, 0.29) is 10.6 Å². The lowest BCUT2D eigenvalue weighted by atomic mass is 10.0. The van der Waals surface area contributed by atoms with Gasteiger partial charge in [0, 0.05) is 33.6 Å². The van der Waals surface area contributed by atoms with Crippen molar-refractivity contribution in [1.82, 2.24) is 14.9 Å². The number of nitrogens with zero attached hydrogens (tertiary/aromatic N) is 2. The number of sulfonamides is 1. The predicted molar refractivity (Wildman–Crippen MR) is 131 cm³/mol. The minimum Gasteiger partial charge on any atom is -0.508 e. The molecule has 0 aliphatic rings. The molecule has 170 valence electrons. The number of benzene rings is 3. The van der Waals surface area contributed by atoms with Gasteiger partial charge in [-0.15, -0.1) is 10.2 Å². The number of anilines is 2. The van der Waals surface area contributed by atoms with Crippen LogP contribution in [-0.2, 0) is 10.0 Å². The fourth-order valence-electron chi connectivity index (χ4n) is 3.62. The standard InChI is InChI=1S/C25H26N4O3S/c1-16-12-13-17(14-22(16)33(31,32)29-25(2,3)4)23-20-10-5-6-11-21(20)24(28-27-23)26-18-8-7-9-19(30)15-18/h5-15,29-30H,1-4H3,(H,26,28). The number of hydrogen-bond acceptors (Lipinski definition) is 6. The van der Waals surface area contributed by atoms with E-state index in [0.717, 1.165) is 10.8 Å². The van der Waals surface area contributed by atoms with Crippen LogP contribution in [0.3, 0.4) is 0 Å². The summed E-state index contributed by atoms with van der Waals surface area (Å²) < 4.78 is 28.8. The molecule has 4 rings (SSSR count). The van der Waals surface area contributed by atoms with E-state index in [1.807, 2.05) is 36.4 Å². The topological polar surface area (TPSA) is 104 Å². The Morgan fingerprint density at radius 3 is 2.30 bits per heavy atom. The molecule has 7 nitrogen and oxygen atoms in total. The van der Waals surface area contributed by atoms with Crippen molar-refractivity contribution >= 4 is 32.3 Å². The first-order chi connectivity index (χ1) is 15.5. The van der Waals surface area contributed by atoms with Gasteiger partial charge in [0.1, 0.15) is 11.4 Å². The van der Waals surface area contributed by atoms with Gasteiger partial charge in [0.2, 0.25) is 10.0 Å². The number of hydrogen-bond donors (Lipinski definition) is 3. The Morgan fingerprint density at radius 2 is 1.61 bits per heavy atom. The summed E-state index contributed by atoms with van der Waals surface area (Å²) in [4.78, 5) is 0.211. The number of aryl methyl sites for hydroxylation is 1. The summed E-state index contributed by atoms with van der Waals surface area (Å²) in [6, 6.07) is 19.7. The van der Waals surface area contributed by atoms with Gasteiger partial charge >= 0.3 is 0 Å². The maximum atomic E-state index is 13.0. The zero-order valence-corrected chi connectivity index (χ0v) is 19.7. The number of phenols is 1. The molecule has 0 aliphatic heterocycles. The Morgan fingerprint density at radius 1 is 0.879 bits per heavy atom. The second-order valence-electron chi connectivity index (χ2n) is 8.95. The average molecular weight is 463 g/mol. The van der Waals surface area contributed by atoms with Gasteiger partial charge in [-0.1, -0.05) is 42.5 Å². The summed E-state index contributed by atoms with van der Waals surface area (Å²) in [7, 11) is -3.72. The summed E-state index contributed by atoms with van der Waals surface area (Å²) in [6.07, 6.45) is 0. The minimum absolute atomic E-state index is 0.145. The van der Waals surface area contributed by atoms with Crippen LogP contribution in [0.1, 0.15) is 26.3 Å². The molecule has 3 aromatic carbocycles. The van der Waals surface area contributed by atoms with Gasteiger partial charge in [0.15, 0.2) is 5.82 Å². The van der Waals surface area contributed by atoms with E-state index in [9.17, 15) is 13.5 Å². The lowest BCUT2D eigenvalue weighted by Gasteiger charge is -2.21. The largest absolute Gasteiger partial charge is 0.508 e. The molecule has 33 heavy (non-hydrogen) atoms. The van der Waals surface area contributed by atoms with Crippen LogP contribution in [0, 0.1) is 6.92 Å². The van der Waals surface area contributed by atoms with Gasteiger partial charge in [0.05, 0.1) is 4.90 Å². The number of rotatable bonds is 5. The summed E-state index contributed by atoms with van der Waals surface area (Å²) in [5.74, 6) is 0.681. The molecule has 0 amide bonds. The monoisotopic (exact) mass is 462 g/mol. The van der Waals surface area contributed by atoms with Gasteiger partial charge in [-0.25, -0.2) is 13.1 Å². The van der Waals surface area contributed by atoms with Gasteiger partial charge in [-0.3, -0.25) is 0 Å². The van der Waals surface area contributed by atoms with E-state index in [2.05, 4.69) is 20.2 Å². The molecule has 0 atom stereocenters. The first-order valence-corrected chi connectivity index (χ1v) is 12.0. The van der Waals surface area contributed by atoms with Gasteiger partial charge in [-0.05, 0) is 51.5 Å². The lowest BCUT2D eigenvalue weighted by Crippen LogP contribution is -2.40. The molecule has 4 aromatic rings. The minimum atomic E-state index is -3.72. The molecule has 0 spiro atoms. The Kier molecular flexibility index (Phi) is 5.82. The van der Waals surface area contributed by atoms with Crippen LogP contribution < -0.4 is 10.0 Å². The summed E-state index contributed by atoms with van der Waals surface area (Å²) >= 11 is 0. The lowest BCUT2D eigenvalue weighted by molar-refractivity contribution is 0.475. The Hall–Kier alpha value is -3.49. The maximum Gasteiger partial charge on any atom is 0.241 e. The summed E-state index contributed by atoms with van der Waals surface area (Å²) in [5.41, 5.74) is 1.96. The highest BCUT2D eigenvalue weighted by molar-refractivity contribution is 7.89. The molecular weight excluding hydrogens is 436 g/mol. The van der Waals surface area contributed by atoms with E-state index < -0.39 is 15.6 Å². The number of aromatic nitrogens is 2. The first kappa shape index (κ1) is 22.7. The number of nitrogens with one attached hydrogen (secondary N) is 2. The molecule has 1 heterocycles. The molecule has 1 aromatic heterocycles. The number of fused-ring (bicyclic) bond motifs is 1. The maximum absolute atomic E-state index is 13.0. The zero-order valence-electron chi connectivity index (χ0n) is 18.9. The van der Waals surface area contributed by atoms with Crippen molar-refractivity contribution in [3.05, 3.63) is 72.3 Å². The van der Waals surface area contributed by atoms with Gasteiger partial charge in [0.25, 0.3) is 0 Å². The molecule has 0 unspecified atom stereocenters. The van der Waals surface area contributed by atoms with E-state index in [4.69, 9.17) is 0 Å². The molecule has 0 bridgehead atoms. The second kappa shape index (κ2) is 8.46. The highest BCUT2D eigenvalue weighted by Gasteiger charge is 2.24. The van der Waals surface area contributed by atoms with Crippen molar-refractivity contribution < 1.29 is 13.5 Å². The van der Waals surface area contributed by atoms with Crippen LogP contribution >= 0.6 is 0 Å². The van der Waals surface area contributed by atoms with Crippen LogP contribution in [-0.4, -0.2) is 29.3 Å². The average Bonchev–Trinajstić information content (AvgIpc) is 2.73. The van der Waals surface area contributed by atoms with Gasteiger partial charge < -0.3 is 10.4 Å². The molecule has 0 saturated heterocycles. The number of aromatic hydroxyl groups is 1. The third-order valence-corrected chi connectivity index (χ3v) is 6.89. The SMILES string of the molecule is Cc1ccc(-c2nnc(Nc3cccc(O)c3)c3ccccc23)cc1S(=O)(=O)NC(C)(C)C. The van der Waals surface area contributed by atoms with Crippen molar-refractivity contribution in [3.63, 3.8) is 0 Å². The molecule has 0 radical (unpaired) electrons. The van der Waals surface area contributed by atoms with Crippen LogP contribution in [0.15, 0.2) is 71.6 Å². The highest BCUT2D eigenvalue weighted by atomic mass is 32.2. The summed E-state index contributed by atoms with van der Waals surface area (Å²) in [6.45, 7) is 7.19. The molecule has 0 saturated carbocycles.